The second-order valence-electron chi connectivity index (χ2n) is 1.13. The van der Waals surface area contributed by atoms with Crippen LogP contribution >= 0.6 is 0 Å². The number of rotatable bonds is 2. The van der Waals surface area contributed by atoms with Gasteiger partial charge >= 0.3 is 0 Å². The summed E-state index contributed by atoms with van der Waals surface area (Å²) in [6.45, 7) is 0.144. The third kappa shape index (κ3) is 0.931. The Morgan fingerprint density at radius 1 is 1.50 bits per heavy atom. The Labute approximate surface area is 35.4 Å². The summed E-state index contributed by atoms with van der Waals surface area (Å²) in [5.41, 5.74) is 0. The molecule has 3 heteroatoms. The van der Waals surface area contributed by atoms with Gasteiger partial charge in [-0.2, -0.15) is 9.78 Å². The van der Waals surface area contributed by atoms with E-state index in [0.29, 0.717) is 6.42 Å². The molecule has 0 radical (unpaired) electrons. The predicted octanol–water partition coefficient (Wildman–Crippen LogP) is -0.343. The third-order valence-corrected chi connectivity index (χ3v) is 0.597. The largest absolute Gasteiger partial charge is 0.396 e. The van der Waals surface area contributed by atoms with Crippen LogP contribution in [0.3, 0.4) is 0 Å². The molecule has 0 aromatic carbocycles. The zero-order valence-electron chi connectivity index (χ0n) is 3.26. The first-order valence-electron chi connectivity index (χ1n) is 1.86. The molecule has 0 spiro atoms. The van der Waals surface area contributed by atoms with E-state index in [4.69, 9.17) is 5.11 Å². The first-order valence-corrected chi connectivity index (χ1v) is 1.86. The van der Waals surface area contributed by atoms with Gasteiger partial charge in [0.05, 0.1) is 0 Å². The van der Waals surface area contributed by atoms with Crippen molar-refractivity contribution < 1.29 is 14.9 Å². The van der Waals surface area contributed by atoms with Crippen LogP contribution < -0.4 is 0 Å². The summed E-state index contributed by atoms with van der Waals surface area (Å²) in [4.78, 5) is 8.58. The molecular weight excluding hydrogens is 84.0 g/mol. The molecule has 6 heavy (non-hydrogen) atoms. The highest BCUT2D eigenvalue weighted by atomic mass is 17.4. The lowest BCUT2D eigenvalue weighted by atomic mass is 10.5. The molecule has 36 valence electrons. The van der Waals surface area contributed by atoms with Gasteiger partial charge in [0.25, 0.3) is 0 Å². The molecule has 0 unspecified atom stereocenters. The fourth-order valence-corrected chi connectivity index (χ4v) is 0.241. The van der Waals surface area contributed by atoms with Crippen LogP contribution in [0.5, 0.6) is 0 Å². The fourth-order valence-electron chi connectivity index (χ4n) is 0.241. The number of hydrogen-bond donors (Lipinski definition) is 1. The molecule has 1 aliphatic heterocycles. The maximum Gasteiger partial charge on any atom is 0.226 e. The second kappa shape index (κ2) is 1.55. The average Bonchev–Trinajstić information content (AvgIpc) is 2.21. The van der Waals surface area contributed by atoms with Gasteiger partial charge in [-0.15, -0.1) is 0 Å². The summed E-state index contributed by atoms with van der Waals surface area (Å²) >= 11 is 0. The van der Waals surface area contributed by atoms with E-state index in [1.165, 1.54) is 0 Å². The molecular formula is C3H6O3. The molecule has 0 aromatic heterocycles. The number of aliphatic hydroxyl groups is 1. The predicted molar refractivity (Wildman–Crippen MR) is 17.7 cm³/mol. The van der Waals surface area contributed by atoms with Crippen LogP contribution in [0.15, 0.2) is 0 Å². The van der Waals surface area contributed by atoms with Crippen molar-refractivity contribution in [2.24, 2.45) is 0 Å². The van der Waals surface area contributed by atoms with Gasteiger partial charge in [0.2, 0.25) is 6.29 Å². The maximum absolute atomic E-state index is 8.12. The Hall–Kier alpha value is -0.120. The molecule has 1 N–H and O–H groups in total. The highest BCUT2D eigenvalue weighted by Crippen LogP contribution is 2.14. The van der Waals surface area contributed by atoms with Crippen LogP contribution in [0.4, 0.5) is 0 Å². The number of aliphatic hydroxyl groups excluding tert-OH is 1. The minimum Gasteiger partial charge on any atom is -0.396 e. The first-order chi connectivity index (χ1) is 2.93. The molecule has 1 fully saturated rings. The van der Waals surface area contributed by atoms with Crippen LogP contribution in [-0.2, 0) is 9.78 Å². The molecule has 0 saturated carbocycles. The van der Waals surface area contributed by atoms with Crippen molar-refractivity contribution >= 4 is 0 Å². The van der Waals surface area contributed by atoms with Gasteiger partial charge < -0.3 is 5.11 Å². The van der Waals surface area contributed by atoms with Crippen molar-refractivity contribution in [2.75, 3.05) is 6.61 Å². The van der Waals surface area contributed by atoms with Crippen molar-refractivity contribution in [3.63, 3.8) is 0 Å². The quantitative estimate of drug-likeness (QED) is 0.372. The topological polar surface area (TPSA) is 45.3 Å². The summed E-state index contributed by atoms with van der Waals surface area (Å²) in [5, 5.41) is 8.12. The maximum atomic E-state index is 8.12. The molecule has 1 rings (SSSR count). The van der Waals surface area contributed by atoms with Crippen molar-refractivity contribution in [1.82, 2.24) is 0 Å². The SMILES string of the molecule is OCCC1OO1. The Bertz CT molecular complexity index is 41.3. The van der Waals surface area contributed by atoms with Gasteiger partial charge in [0, 0.05) is 13.0 Å². The Morgan fingerprint density at radius 2 is 2.17 bits per heavy atom. The number of hydrogen-bond acceptors (Lipinski definition) is 3. The van der Waals surface area contributed by atoms with Crippen molar-refractivity contribution in [2.45, 2.75) is 12.7 Å². The average molecular weight is 90.1 g/mol. The molecule has 1 aliphatic rings. The Kier molecular flexibility index (Phi) is 1.05. The van der Waals surface area contributed by atoms with E-state index in [9.17, 15) is 0 Å². The summed E-state index contributed by atoms with van der Waals surface area (Å²) in [7, 11) is 0. The lowest BCUT2D eigenvalue weighted by Crippen LogP contribution is -1.87. The van der Waals surface area contributed by atoms with E-state index in [0.717, 1.165) is 0 Å². The van der Waals surface area contributed by atoms with Crippen LogP contribution in [0.2, 0.25) is 0 Å². The van der Waals surface area contributed by atoms with Crippen LogP contribution in [0.25, 0.3) is 0 Å². The van der Waals surface area contributed by atoms with Crippen LogP contribution in [0, 0.1) is 0 Å². The second-order valence-corrected chi connectivity index (χ2v) is 1.13. The summed E-state index contributed by atoms with van der Waals surface area (Å²) in [6.07, 6.45) is 0.495. The molecule has 1 saturated heterocycles. The summed E-state index contributed by atoms with van der Waals surface area (Å²) < 4.78 is 0. The van der Waals surface area contributed by atoms with Gasteiger partial charge in [-0.3, -0.25) is 0 Å². The van der Waals surface area contributed by atoms with Gasteiger partial charge in [-0.25, -0.2) is 0 Å². The monoisotopic (exact) mass is 90.0 g/mol. The third-order valence-electron chi connectivity index (χ3n) is 0.597. The molecule has 0 bridgehead atoms. The molecule has 1 heterocycles. The van der Waals surface area contributed by atoms with Gasteiger partial charge in [0.15, 0.2) is 0 Å². The van der Waals surface area contributed by atoms with E-state index in [2.05, 4.69) is 9.78 Å². The minimum atomic E-state index is -0.102. The van der Waals surface area contributed by atoms with Crippen molar-refractivity contribution in [3.8, 4) is 0 Å². The minimum absolute atomic E-state index is 0.102. The molecule has 0 atom stereocenters. The standard InChI is InChI=1S/C3H6O3/c4-2-1-3-5-6-3/h3-4H,1-2H2. The molecule has 0 aliphatic carbocycles. The van der Waals surface area contributed by atoms with Crippen LogP contribution in [-0.4, -0.2) is 18.0 Å². The highest BCUT2D eigenvalue weighted by molar-refractivity contribution is 4.42. The first kappa shape index (κ1) is 4.05. The van der Waals surface area contributed by atoms with Crippen molar-refractivity contribution in [3.05, 3.63) is 0 Å². The van der Waals surface area contributed by atoms with E-state index >= 15 is 0 Å². The normalized spacial score (nSPS) is 21.5. The highest BCUT2D eigenvalue weighted by Gasteiger charge is 2.23. The van der Waals surface area contributed by atoms with Crippen molar-refractivity contribution in [1.29, 1.82) is 0 Å². The van der Waals surface area contributed by atoms with E-state index in [1.807, 2.05) is 0 Å². The molecule has 3 nitrogen and oxygen atoms in total. The van der Waals surface area contributed by atoms with Crippen LogP contribution in [0.1, 0.15) is 6.42 Å². The molecule has 0 aromatic rings. The zero-order valence-corrected chi connectivity index (χ0v) is 3.26. The van der Waals surface area contributed by atoms with E-state index < -0.39 is 0 Å². The van der Waals surface area contributed by atoms with Gasteiger partial charge in [0.1, 0.15) is 0 Å². The van der Waals surface area contributed by atoms with E-state index in [1.54, 1.807) is 0 Å². The summed E-state index contributed by atoms with van der Waals surface area (Å²) in [5.74, 6) is 0. The van der Waals surface area contributed by atoms with Gasteiger partial charge in [-0.05, 0) is 0 Å². The van der Waals surface area contributed by atoms with Gasteiger partial charge in [-0.1, -0.05) is 0 Å². The zero-order chi connectivity index (χ0) is 4.41. The lowest BCUT2D eigenvalue weighted by molar-refractivity contribution is 0.0850. The Balaban J connectivity index is 1.88. The molecule has 0 amide bonds. The fraction of sp³-hybridized carbons (Fsp3) is 1.00. The smallest absolute Gasteiger partial charge is 0.226 e. The lowest BCUT2D eigenvalue weighted by Gasteiger charge is -1.75. The van der Waals surface area contributed by atoms with E-state index in [-0.39, 0.29) is 12.9 Å². The summed E-state index contributed by atoms with van der Waals surface area (Å²) in [6, 6.07) is 0. The Morgan fingerprint density at radius 3 is 2.33 bits per heavy atom.